The van der Waals surface area contributed by atoms with Crippen LogP contribution < -0.4 is 5.73 Å². The van der Waals surface area contributed by atoms with E-state index in [-0.39, 0.29) is 17.4 Å². The smallest absolute Gasteiger partial charge is 0.141 e. The molecule has 0 spiro atoms. The fourth-order valence-electron chi connectivity index (χ4n) is 4.34. The molecule has 0 bridgehead atoms. The topological polar surface area (TPSA) is 43.1 Å². The molecule has 1 rings (SSSR count). The van der Waals surface area contributed by atoms with E-state index in [4.69, 9.17) is 5.73 Å². The molecular formula is C19H37NO. The molecule has 2 unspecified atom stereocenters. The molecule has 124 valence electrons. The number of nitrogens with two attached hydrogens (primary N) is 1. The Labute approximate surface area is 132 Å². The van der Waals surface area contributed by atoms with Crippen LogP contribution in [0, 0.1) is 17.3 Å². The van der Waals surface area contributed by atoms with Crippen molar-refractivity contribution in [3.63, 3.8) is 0 Å². The molecule has 2 nitrogen and oxygen atoms in total. The lowest BCUT2D eigenvalue weighted by molar-refractivity contribution is -0.133. The zero-order chi connectivity index (χ0) is 15.9. The Morgan fingerprint density at radius 1 is 1.14 bits per heavy atom. The van der Waals surface area contributed by atoms with Gasteiger partial charge in [-0.25, -0.2) is 0 Å². The Kier molecular flexibility index (Phi) is 7.94. The van der Waals surface area contributed by atoms with Gasteiger partial charge in [-0.05, 0) is 38.0 Å². The van der Waals surface area contributed by atoms with Crippen LogP contribution in [0.25, 0.3) is 0 Å². The van der Waals surface area contributed by atoms with Crippen LogP contribution in [0.2, 0.25) is 0 Å². The minimum absolute atomic E-state index is 0.116. The minimum Gasteiger partial charge on any atom is -0.327 e. The molecule has 1 saturated carbocycles. The van der Waals surface area contributed by atoms with Crippen molar-refractivity contribution >= 4 is 5.78 Å². The van der Waals surface area contributed by atoms with Gasteiger partial charge in [0.25, 0.3) is 0 Å². The standard InChI is InChI=1S/C19H37NO/c1-5-12-19(4,13-6-2)18(21)15(3)14-17(20)16-10-8-7-9-11-16/h15-17H,5-14,20H2,1-4H3. The van der Waals surface area contributed by atoms with Gasteiger partial charge in [-0.3, -0.25) is 4.79 Å². The van der Waals surface area contributed by atoms with Crippen molar-refractivity contribution in [2.45, 2.75) is 97.9 Å². The summed E-state index contributed by atoms with van der Waals surface area (Å²) in [6, 6.07) is 0.219. The summed E-state index contributed by atoms with van der Waals surface area (Å²) >= 11 is 0. The van der Waals surface area contributed by atoms with Gasteiger partial charge in [-0.15, -0.1) is 0 Å². The third-order valence-corrected chi connectivity index (χ3v) is 5.53. The molecule has 1 aliphatic carbocycles. The predicted molar refractivity (Wildman–Crippen MR) is 91.3 cm³/mol. The van der Waals surface area contributed by atoms with Crippen LogP contribution in [0.1, 0.15) is 91.9 Å². The molecule has 0 heterocycles. The van der Waals surface area contributed by atoms with Crippen molar-refractivity contribution in [2.24, 2.45) is 23.0 Å². The first-order valence-corrected chi connectivity index (χ1v) is 9.24. The Morgan fingerprint density at radius 3 is 2.14 bits per heavy atom. The molecule has 21 heavy (non-hydrogen) atoms. The van der Waals surface area contributed by atoms with E-state index in [9.17, 15) is 4.79 Å². The highest BCUT2D eigenvalue weighted by molar-refractivity contribution is 5.86. The number of rotatable bonds is 9. The summed E-state index contributed by atoms with van der Waals surface area (Å²) in [5.74, 6) is 1.22. The maximum absolute atomic E-state index is 12.9. The summed E-state index contributed by atoms with van der Waals surface area (Å²) < 4.78 is 0. The second kappa shape index (κ2) is 8.92. The van der Waals surface area contributed by atoms with Gasteiger partial charge in [0.2, 0.25) is 0 Å². The highest BCUT2D eigenvalue weighted by Crippen LogP contribution is 2.35. The molecular weight excluding hydrogens is 258 g/mol. The maximum Gasteiger partial charge on any atom is 0.141 e. The SMILES string of the molecule is CCCC(C)(CCC)C(=O)C(C)CC(N)C1CCCCC1. The first kappa shape index (κ1) is 18.7. The van der Waals surface area contributed by atoms with Crippen molar-refractivity contribution < 1.29 is 4.79 Å². The van der Waals surface area contributed by atoms with E-state index in [1.165, 1.54) is 32.1 Å². The fraction of sp³-hybridized carbons (Fsp3) is 0.947. The van der Waals surface area contributed by atoms with Crippen molar-refractivity contribution in [1.29, 1.82) is 0 Å². The van der Waals surface area contributed by atoms with Gasteiger partial charge in [0, 0.05) is 17.4 Å². The van der Waals surface area contributed by atoms with Gasteiger partial charge in [-0.1, -0.05) is 59.8 Å². The van der Waals surface area contributed by atoms with Crippen molar-refractivity contribution in [2.75, 3.05) is 0 Å². The van der Waals surface area contributed by atoms with Crippen LogP contribution in [0.5, 0.6) is 0 Å². The minimum atomic E-state index is -0.130. The monoisotopic (exact) mass is 295 g/mol. The van der Waals surface area contributed by atoms with Gasteiger partial charge in [0.1, 0.15) is 5.78 Å². The molecule has 2 atom stereocenters. The number of ketones is 1. The summed E-state index contributed by atoms with van der Waals surface area (Å²) in [7, 11) is 0. The van der Waals surface area contributed by atoms with Gasteiger partial charge in [-0.2, -0.15) is 0 Å². The average Bonchev–Trinajstić information content (AvgIpc) is 2.47. The number of hydrogen-bond donors (Lipinski definition) is 1. The number of carbonyl (C=O) groups excluding carboxylic acids is 1. The Morgan fingerprint density at radius 2 is 1.67 bits per heavy atom. The Balaban J connectivity index is 2.58. The molecule has 1 fully saturated rings. The van der Waals surface area contributed by atoms with Crippen LogP contribution in [0.3, 0.4) is 0 Å². The Bertz CT molecular complexity index is 301. The summed E-state index contributed by atoms with van der Waals surface area (Å²) in [4.78, 5) is 12.9. The molecule has 1 aliphatic rings. The van der Waals surface area contributed by atoms with Crippen molar-refractivity contribution in [1.82, 2.24) is 0 Å². The normalized spacial score (nSPS) is 20.2. The van der Waals surface area contributed by atoms with E-state index in [0.717, 1.165) is 32.1 Å². The lowest BCUT2D eigenvalue weighted by Gasteiger charge is -2.33. The first-order chi connectivity index (χ1) is 9.94. The maximum atomic E-state index is 12.9. The summed E-state index contributed by atoms with van der Waals surface area (Å²) in [5.41, 5.74) is 6.30. The summed E-state index contributed by atoms with van der Waals surface area (Å²) in [6.07, 6.45) is 11.6. The van der Waals surface area contributed by atoms with E-state index >= 15 is 0 Å². The van der Waals surface area contributed by atoms with Gasteiger partial charge in [0.15, 0.2) is 0 Å². The van der Waals surface area contributed by atoms with Crippen molar-refractivity contribution in [3.05, 3.63) is 0 Å². The second-order valence-electron chi connectivity index (χ2n) is 7.62. The van der Waals surface area contributed by atoms with E-state index < -0.39 is 0 Å². The molecule has 0 radical (unpaired) electrons. The van der Waals surface area contributed by atoms with Crippen LogP contribution in [0.4, 0.5) is 0 Å². The lowest BCUT2D eigenvalue weighted by atomic mass is 9.71. The molecule has 0 aliphatic heterocycles. The first-order valence-electron chi connectivity index (χ1n) is 9.24. The van der Waals surface area contributed by atoms with Gasteiger partial charge in [0.05, 0.1) is 0 Å². The highest BCUT2D eigenvalue weighted by atomic mass is 16.1. The molecule has 2 heteroatoms. The highest BCUT2D eigenvalue weighted by Gasteiger charge is 2.35. The molecule has 0 saturated heterocycles. The van der Waals surface area contributed by atoms with Crippen LogP contribution in [0.15, 0.2) is 0 Å². The van der Waals surface area contributed by atoms with E-state index in [1.54, 1.807) is 0 Å². The van der Waals surface area contributed by atoms with Crippen LogP contribution in [-0.2, 0) is 4.79 Å². The number of Topliss-reactive ketones (excluding diaryl/α,β-unsaturated/α-hetero) is 1. The Hall–Kier alpha value is -0.370. The average molecular weight is 296 g/mol. The van der Waals surface area contributed by atoms with Crippen LogP contribution in [-0.4, -0.2) is 11.8 Å². The molecule has 0 aromatic rings. The number of carbonyl (C=O) groups is 1. The van der Waals surface area contributed by atoms with E-state index in [0.29, 0.717) is 11.7 Å². The predicted octanol–water partition coefficient (Wildman–Crippen LogP) is 5.10. The lowest BCUT2D eigenvalue weighted by Crippen LogP contribution is -2.38. The van der Waals surface area contributed by atoms with Gasteiger partial charge < -0.3 is 5.73 Å². The quantitative estimate of drug-likeness (QED) is 0.643. The second-order valence-corrected chi connectivity index (χ2v) is 7.62. The molecule has 2 N–H and O–H groups in total. The summed E-state index contributed by atoms with van der Waals surface area (Å²) in [6.45, 7) is 8.64. The zero-order valence-electron chi connectivity index (χ0n) is 14.8. The zero-order valence-corrected chi connectivity index (χ0v) is 14.8. The van der Waals surface area contributed by atoms with E-state index in [1.807, 2.05) is 0 Å². The van der Waals surface area contributed by atoms with E-state index in [2.05, 4.69) is 27.7 Å². The number of hydrogen-bond acceptors (Lipinski definition) is 2. The molecule has 0 amide bonds. The molecule has 0 aromatic heterocycles. The van der Waals surface area contributed by atoms with Gasteiger partial charge >= 0.3 is 0 Å². The fourth-order valence-corrected chi connectivity index (χ4v) is 4.34. The third-order valence-electron chi connectivity index (χ3n) is 5.53. The third kappa shape index (κ3) is 5.39. The molecule has 0 aromatic carbocycles. The largest absolute Gasteiger partial charge is 0.327 e. The van der Waals surface area contributed by atoms with Crippen molar-refractivity contribution in [3.8, 4) is 0 Å². The van der Waals surface area contributed by atoms with Crippen LogP contribution >= 0.6 is 0 Å². The summed E-state index contributed by atoms with van der Waals surface area (Å²) in [5, 5.41) is 0.